The van der Waals surface area contributed by atoms with Gasteiger partial charge in [0.1, 0.15) is 5.00 Å². The summed E-state index contributed by atoms with van der Waals surface area (Å²) in [5.74, 6) is -0.363. The third-order valence-electron chi connectivity index (χ3n) is 4.55. The molecule has 2 N–H and O–H groups in total. The molecule has 0 saturated carbocycles. The highest BCUT2D eigenvalue weighted by atomic mass is 32.1. The number of nitrogens with one attached hydrogen (secondary N) is 2. The number of amides is 2. The molecule has 0 bridgehead atoms. The van der Waals surface area contributed by atoms with E-state index in [1.54, 1.807) is 29.7 Å². The van der Waals surface area contributed by atoms with Crippen LogP contribution in [-0.2, 0) is 19.4 Å². The normalized spacial score (nSPS) is 13.0. The van der Waals surface area contributed by atoms with E-state index in [1.807, 2.05) is 17.5 Å². The van der Waals surface area contributed by atoms with E-state index in [-0.39, 0.29) is 11.8 Å². The standard InChI is InChI=1S/C20H19N3O2S2/c24-18(13-5-3-9-21-11-13)23-20-17(15-7-1-2-8-16(15)27-20)19(25)22-12-14-6-4-10-26-14/h3-6,9-11H,1-2,7-8,12H2,(H,22,25)(H,23,24). The molecule has 0 unspecified atom stereocenters. The van der Waals surface area contributed by atoms with E-state index in [9.17, 15) is 9.59 Å². The lowest BCUT2D eigenvalue weighted by molar-refractivity contribution is 0.0951. The van der Waals surface area contributed by atoms with E-state index >= 15 is 0 Å². The number of nitrogens with zero attached hydrogens (tertiary/aromatic N) is 1. The van der Waals surface area contributed by atoms with Gasteiger partial charge in [0.05, 0.1) is 17.7 Å². The second-order valence-electron chi connectivity index (χ2n) is 6.37. The molecule has 5 nitrogen and oxygen atoms in total. The lowest BCUT2D eigenvalue weighted by atomic mass is 9.95. The SMILES string of the molecule is O=C(Nc1sc2c(c1C(=O)NCc1cccs1)CCCC2)c1cccnc1. The van der Waals surface area contributed by atoms with E-state index in [0.717, 1.165) is 36.1 Å². The summed E-state index contributed by atoms with van der Waals surface area (Å²) in [4.78, 5) is 31.8. The van der Waals surface area contributed by atoms with Crippen LogP contribution in [-0.4, -0.2) is 16.8 Å². The van der Waals surface area contributed by atoms with Gasteiger partial charge in [-0.05, 0) is 54.8 Å². The summed E-state index contributed by atoms with van der Waals surface area (Å²) in [6.45, 7) is 0.497. The summed E-state index contributed by atoms with van der Waals surface area (Å²) in [6.07, 6.45) is 7.21. The molecule has 0 aliphatic heterocycles. The Labute approximate surface area is 165 Å². The van der Waals surface area contributed by atoms with Crippen molar-refractivity contribution < 1.29 is 9.59 Å². The third-order valence-corrected chi connectivity index (χ3v) is 6.64. The minimum Gasteiger partial charge on any atom is -0.347 e. The minimum absolute atomic E-state index is 0.121. The molecule has 0 radical (unpaired) electrons. The molecular weight excluding hydrogens is 378 g/mol. The van der Waals surface area contributed by atoms with Crippen LogP contribution in [0.2, 0.25) is 0 Å². The molecule has 3 aromatic heterocycles. The van der Waals surface area contributed by atoms with Crippen molar-refractivity contribution in [1.82, 2.24) is 10.3 Å². The summed E-state index contributed by atoms with van der Waals surface area (Å²) in [5.41, 5.74) is 2.20. The first kappa shape index (κ1) is 17.9. The van der Waals surface area contributed by atoms with Gasteiger partial charge in [0.15, 0.2) is 0 Å². The van der Waals surface area contributed by atoms with Crippen LogP contribution in [0.3, 0.4) is 0 Å². The second kappa shape index (κ2) is 8.02. The second-order valence-corrected chi connectivity index (χ2v) is 8.51. The minimum atomic E-state index is -0.242. The fraction of sp³-hybridized carbons (Fsp3) is 0.250. The van der Waals surface area contributed by atoms with Crippen molar-refractivity contribution in [2.24, 2.45) is 0 Å². The molecule has 1 aliphatic carbocycles. The fourth-order valence-electron chi connectivity index (χ4n) is 3.24. The van der Waals surface area contributed by atoms with Crippen LogP contribution >= 0.6 is 22.7 Å². The van der Waals surface area contributed by atoms with Crippen LogP contribution in [0, 0.1) is 0 Å². The van der Waals surface area contributed by atoms with E-state index < -0.39 is 0 Å². The third kappa shape index (κ3) is 3.94. The number of carbonyl (C=O) groups is 2. The van der Waals surface area contributed by atoms with Gasteiger partial charge in [0, 0.05) is 22.1 Å². The fourth-order valence-corrected chi connectivity index (χ4v) is 5.16. The summed E-state index contributed by atoms with van der Waals surface area (Å²) in [5, 5.41) is 8.58. The van der Waals surface area contributed by atoms with Crippen LogP contribution in [0.15, 0.2) is 42.0 Å². The van der Waals surface area contributed by atoms with Gasteiger partial charge >= 0.3 is 0 Å². The van der Waals surface area contributed by atoms with Crippen molar-refractivity contribution in [3.8, 4) is 0 Å². The summed E-state index contributed by atoms with van der Waals surface area (Å²) < 4.78 is 0. The predicted octanol–water partition coefficient (Wildman–Crippen LogP) is 4.27. The monoisotopic (exact) mass is 397 g/mol. The van der Waals surface area contributed by atoms with Crippen LogP contribution in [0.4, 0.5) is 5.00 Å². The van der Waals surface area contributed by atoms with Crippen molar-refractivity contribution in [2.75, 3.05) is 5.32 Å². The van der Waals surface area contributed by atoms with Gasteiger partial charge in [-0.25, -0.2) is 0 Å². The van der Waals surface area contributed by atoms with Crippen molar-refractivity contribution in [2.45, 2.75) is 32.2 Å². The molecule has 0 saturated heterocycles. The molecule has 4 rings (SSSR count). The lowest BCUT2D eigenvalue weighted by Gasteiger charge is -2.13. The highest BCUT2D eigenvalue weighted by molar-refractivity contribution is 7.17. The number of aryl methyl sites for hydroxylation is 1. The number of carbonyl (C=O) groups excluding carboxylic acids is 2. The topological polar surface area (TPSA) is 71.1 Å². The largest absolute Gasteiger partial charge is 0.347 e. The van der Waals surface area contributed by atoms with Gasteiger partial charge < -0.3 is 10.6 Å². The summed E-state index contributed by atoms with van der Waals surface area (Å²) >= 11 is 3.14. The Hall–Kier alpha value is -2.51. The van der Waals surface area contributed by atoms with Gasteiger partial charge in [-0.15, -0.1) is 22.7 Å². The van der Waals surface area contributed by atoms with Gasteiger partial charge in [-0.2, -0.15) is 0 Å². The Morgan fingerprint density at radius 1 is 1.11 bits per heavy atom. The number of hydrogen-bond acceptors (Lipinski definition) is 5. The van der Waals surface area contributed by atoms with Gasteiger partial charge in [0.2, 0.25) is 0 Å². The van der Waals surface area contributed by atoms with Crippen molar-refractivity contribution in [1.29, 1.82) is 0 Å². The maximum Gasteiger partial charge on any atom is 0.257 e. The van der Waals surface area contributed by atoms with Gasteiger partial charge in [0.25, 0.3) is 11.8 Å². The molecular formula is C20H19N3O2S2. The Balaban J connectivity index is 1.59. The van der Waals surface area contributed by atoms with E-state index in [4.69, 9.17) is 0 Å². The summed E-state index contributed by atoms with van der Waals surface area (Å²) in [6, 6.07) is 7.41. The highest BCUT2D eigenvalue weighted by Gasteiger charge is 2.26. The average Bonchev–Trinajstić information content (AvgIpc) is 3.34. The van der Waals surface area contributed by atoms with Crippen LogP contribution in [0.25, 0.3) is 0 Å². The number of aromatic nitrogens is 1. The summed E-state index contributed by atoms with van der Waals surface area (Å²) in [7, 11) is 0. The number of fused-ring (bicyclic) bond motifs is 1. The molecule has 0 atom stereocenters. The maximum absolute atomic E-state index is 12.9. The Morgan fingerprint density at radius 3 is 2.78 bits per heavy atom. The number of anilines is 1. The van der Waals surface area contributed by atoms with Crippen LogP contribution < -0.4 is 10.6 Å². The molecule has 3 heterocycles. The zero-order chi connectivity index (χ0) is 18.6. The predicted molar refractivity (Wildman–Crippen MR) is 109 cm³/mol. The molecule has 138 valence electrons. The van der Waals surface area contributed by atoms with Crippen molar-refractivity contribution in [3.05, 3.63) is 68.5 Å². The molecule has 2 amide bonds. The number of hydrogen-bond donors (Lipinski definition) is 2. The van der Waals surface area contributed by atoms with E-state index in [0.29, 0.717) is 22.7 Å². The zero-order valence-corrected chi connectivity index (χ0v) is 16.3. The van der Waals surface area contributed by atoms with Crippen LogP contribution in [0.1, 0.15) is 48.9 Å². The number of thiophene rings is 2. The zero-order valence-electron chi connectivity index (χ0n) is 14.7. The Bertz CT molecular complexity index is 949. The smallest absolute Gasteiger partial charge is 0.257 e. The molecule has 0 aromatic carbocycles. The van der Waals surface area contributed by atoms with Crippen molar-refractivity contribution in [3.63, 3.8) is 0 Å². The lowest BCUT2D eigenvalue weighted by Crippen LogP contribution is -2.25. The van der Waals surface area contributed by atoms with Crippen LogP contribution in [0.5, 0.6) is 0 Å². The Kier molecular flexibility index (Phi) is 5.31. The molecule has 7 heteroatoms. The molecule has 3 aromatic rings. The first-order valence-corrected chi connectivity index (χ1v) is 10.6. The molecule has 0 spiro atoms. The number of pyridine rings is 1. The Morgan fingerprint density at radius 2 is 2.00 bits per heavy atom. The molecule has 0 fully saturated rings. The average molecular weight is 398 g/mol. The first-order chi connectivity index (χ1) is 13.2. The van der Waals surface area contributed by atoms with Gasteiger partial charge in [-0.3, -0.25) is 14.6 Å². The van der Waals surface area contributed by atoms with E-state index in [2.05, 4.69) is 15.6 Å². The van der Waals surface area contributed by atoms with E-state index in [1.165, 1.54) is 22.4 Å². The highest BCUT2D eigenvalue weighted by Crippen LogP contribution is 2.38. The molecule has 1 aliphatic rings. The number of rotatable bonds is 5. The molecule has 27 heavy (non-hydrogen) atoms. The van der Waals surface area contributed by atoms with Gasteiger partial charge in [-0.1, -0.05) is 6.07 Å². The maximum atomic E-state index is 12.9. The first-order valence-electron chi connectivity index (χ1n) is 8.89. The quantitative estimate of drug-likeness (QED) is 0.675. The van der Waals surface area contributed by atoms with Crippen molar-refractivity contribution >= 4 is 39.5 Å².